The first-order valence-corrected chi connectivity index (χ1v) is 8.23. The minimum atomic E-state index is -1.10. The van der Waals surface area contributed by atoms with Crippen molar-refractivity contribution in [3.63, 3.8) is 0 Å². The van der Waals surface area contributed by atoms with Crippen LogP contribution in [0, 0.1) is 18.4 Å². The fourth-order valence-electron chi connectivity index (χ4n) is 2.69. The van der Waals surface area contributed by atoms with Gasteiger partial charge in [0.1, 0.15) is 6.61 Å². The lowest BCUT2D eigenvalue weighted by Crippen LogP contribution is -2.38. The number of aliphatic hydroxyl groups is 3. The van der Waals surface area contributed by atoms with E-state index in [1.165, 1.54) is 10.9 Å². The lowest BCUT2D eigenvalue weighted by Gasteiger charge is -2.16. The number of aromatic nitrogens is 6. The highest BCUT2D eigenvalue weighted by Gasteiger charge is 2.40. The third-order valence-corrected chi connectivity index (χ3v) is 4.07. The number of hydrogen-bond acceptors (Lipinski definition) is 11. The van der Waals surface area contributed by atoms with Gasteiger partial charge in [-0.2, -0.15) is 4.39 Å². The van der Waals surface area contributed by atoms with Crippen LogP contribution >= 0.6 is 0 Å². The van der Waals surface area contributed by atoms with Crippen molar-refractivity contribution >= 4 is 0 Å². The molecule has 0 aromatic carbocycles. The summed E-state index contributed by atoms with van der Waals surface area (Å²) in [5, 5.41) is 39.7. The summed E-state index contributed by atoms with van der Waals surface area (Å²) < 4.78 is 25.1. The second-order valence-corrected chi connectivity index (χ2v) is 5.90. The highest BCUT2D eigenvalue weighted by Crippen LogP contribution is 2.17. The predicted molar refractivity (Wildman–Crippen MR) is 88.3 cm³/mol. The first-order chi connectivity index (χ1) is 13.5. The molecule has 2 aromatic heterocycles. The molecule has 0 unspecified atom stereocenters. The van der Waals surface area contributed by atoms with Gasteiger partial charge >= 0.3 is 18.1 Å². The molecule has 3 heterocycles. The van der Waals surface area contributed by atoms with Crippen LogP contribution in [-0.2, 0) is 13.2 Å². The molecule has 0 amide bonds. The van der Waals surface area contributed by atoms with E-state index in [0.717, 1.165) is 0 Å². The van der Waals surface area contributed by atoms with E-state index in [1.54, 1.807) is 0 Å². The molecule has 12 nitrogen and oxygen atoms in total. The minimum absolute atomic E-state index is 0.111. The fraction of sp³-hybridized carbons (Fsp3) is 0.533. The summed E-state index contributed by atoms with van der Waals surface area (Å²) in [5.41, 5.74) is 0.475. The molecule has 2 aromatic rings. The maximum atomic E-state index is 13.4. The average Bonchev–Trinajstić information content (AvgIpc) is 3.23. The van der Waals surface area contributed by atoms with Crippen molar-refractivity contribution in [2.75, 3.05) is 13.2 Å². The zero-order chi connectivity index (χ0) is 20.1. The number of halogens is 1. The summed E-state index contributed by atoms with van der Waals surface area (Å²) >= 11 is 0. The maximum absolute atomic E-state index is 13.4. The van der Waals surface area contributed by atoms with E-state index in [-0.39, 0.29) is 38.4 Å². The summed E-state index contributed by atoms with van der Waals surface area (Å²) in [6.07, 6.45) is 3.18. The van der Waals surface area contributed by atoms with E-state index in [9.17, 15) is 19.7 Å². The number of hydrogen-bond donors (Lipinski definition) is 4. The molecule has 0 aliphatic carbocycles. The first-order valence-electron chi connectivity index (χ1n) is 8.23. The van der Waals surface area contributed by atoms with Crippen LogP contribution in [0.4, 0.5) is 4.39 Å². The Labute approximate surface area is 158 Å². The van der Waals surface area contributed by atoms with Crippen LogP contribution in [0.1, 0.15) is 5.69 Å². The van der Waals surface area contributed by atoms with Crippen LogP contribution < -0.4 is 14.8 Å². The van der Waals surface area contributed by atoms with Crippen molar-refractivity contribution in [2.45, 2.75) is 37.4 Å². The molecule has 1 aliphatic heterocycles. The summed E-state index contributed by atoms with van der Waals surface area (Å²) in [6, 6.07) is -1.83. The topological polar surface area (TPSA) is 161 Å². The zero-order valence-corrected chi connectivity index (χ0v) is 14.5. The zero-order valence-electron chi connectivity index (χ0n) is 14.5. The number of terminal acetylenes is 1. The molecule has 28 heavy (non-hydrogen) atoms. The first kappa shape index (κ1) is 19.8. The van der Waals surface area contributed by atoms with E-state index in [4.69, 9.17) is 15.9 Å². The van der Waals surface area contributed by atoms with Crippen molar-refractivity contribution in [2.24, 2.45) is 0 Å². The number of nitrogens with zero attached hydrogens (tertiary/aromatic N) is 6. The van der Waals surface area contributed by atoms with Crippen LogP contribution in [0.3, 0.4) is 0 Å². The van der Waals surface area contributed by atoms with Crippen LogP contribution in [0.5, 0.6) is 12.0 Å². The van der Waals surface area contributed by atoms with Gasteiger partial charge in [-0.15, -0.1) is 26.5 Å². The Hall–Kier alpha value is -2.92. The van der Waals surface area contributed by atoms with Gasteiger partial charge in [-0.1, -0.05) is 11.1 Å². The predicted octanol–water partition coefficient (Wildman–Crippen LogP) is -2.75. The Kier molecular flexibility index (Phi) is 6.26. The molecule has 3 rings (SSSR count). The molecule has 4 N–H and O–H groups in total. The largest absolute Gasteiger partial charge is 0.457 e. The van der Waals surface area contributed by atoms with Crippen LogP contribution in [-0.4, -0.2) is 82.8 Å². The van der Waals surface area contributed by atoms with E-state index in [0.29, 0.717) is 5.69 Å². The van der Waals surface area contributed by atoms with E-state index < -0.39 is 30.4 Å². The molecule has 13 heteroatoms. The molecular weight excluding hydrogens is 377 g/mol. The van der Waals surface area contributed by atoms with E-state index in [2.05, 4.69) is 36.5 Å². The van der Waals surface area contributed by atoms with Gasteiger partial charge in [0, 0.05) is 0 Å². The van der Waals surface area contributed by atoms with Crippen LogP contribution in [0.2, 0.25) is 0 Å². The van der Waals surface area contributed by atoms with E-state index in [1.807, 2.05) is 0 Å². The van der Waals surface area contributed by atoms with Crippen molar-refractivity contribution in [3.05, 3.63) is 18.0 Å². The lowest BCUT2D eigenvalue weighted by atomic mass is 10.1. The quantitative estimate of drug-likeness (QED) is 0.343. The molecule has 0 saturated carbocycles. The summed E-state index contributed by atoms with van der Waals surface area (Å²) in [5.74, 6) is 2.20. The summed E-state index contributed by atoms with van der Waals surface area (Å²) in [4.78, 5) is 10.5. The summed E-state index contributed by atoms with van der Waals surface area (Å²) in [6.45, 7) is -0.427. The van der Waals surface area contributed by atoms with Gasteiger partial charge < -0.3 is 30.1 Å². The van der Waals surface area contributed by atoms with Gasteiger partial charge in [-0.25, -0.2) is 4.68 Å². The molecule has 1 aliphatic rings. The molecule has 4 atom stereocenters. The van der Waals surface area contributed by atoms with Gasteiger partial charge in [-0.05, 0) is 0 Å². The summed E-state index contributed by atoms with van der Waals surface area (Å²) in [7, 11) is 0. The highest BCUT2D eigenvalue weighted by molar-refractivity contribution is 5.04. The molecule has 0 bridgehead atoms. The minimum Gasteiger partial charge on any atom is -0.457 e. The molecule has 1 saturated heterocycles. The van der Waals surface area contributed by atoms with E-state index >= 15 is 0 Å². The van der Waals surface area contributed by atoms with Gasteiger partial charge in [0.25, 0.3) is 0 Å². The third-order valence-electron chi connectivity index (χ3n) is 4.07. The number of ether oxygens (including phenoxy) is 2. The SMILES string of the molecule is C#CCOc1nc(F)nc(OCc2cnnn2C[C@H]2N[C@H](CO)[C@@H](O)[C@@H]2O)n1. The second kappa shape index (κ2) is 8.85. The monoisotopic (exact) mass is 395 g/mol. The number of aliphatic hydroxyl groups excluding tert-OH is 3. The fourth-order valence-corrected chi connectivity index (χ4v) is 2.69. The highest BCUT2D eigenvalue weighted by atomic mass is 19.1. The molecule has 0 radical (unpaired) electrons. The molecule has 1 fully saturated rings. The van der Waals surface area contributed by atoms with Gasteiger partial charge in [0.05, 0.1) is 49.3 Å². The normalized spacial score (nSPS) is 24.1. The maximum Gasteiger partial charge on any atom is 0.326 e. The van der Waals surface area contributed by atoms with Gasteiger partial charge in [0.15, 0.2) is 6.61 Å². The molecule has 0 spiro atoms. The second-order valence-electron chi connectivity index (χ2n) is 5.90. The van der Waals surface area contributed by atoms with Gasteiger partial charge in [-0.3, -0.25) is 0 Å². The Morgan fingerprint density at radius 2 is 1.89 bits per heavy atom. The third kappa shape index (κ3) is 4.49. The molecular formula is C15H18FN7O5. The average molecular weight is 395 g/mol. The molecule has 150 valence electrons. The Morgan fingerprint density at radius 1 is 1.18 bits per heavy atom. The van der Waals surface area contributed by atoms with Gasteiger partial charge in [0.2, 0.25) is 0 Å². The number of rotatable bonds is 8. The Bertz CT molecular complexity index is 844. The van der Waals surface area contributed by atoms with Crippen molar-refractivity contribution in [1.82, 2.24) is 35.3 Å². The number of nitrogens with one attached hydrogen (secondary N) is 1. The van der Waals surface area contributed by atoms with Crippen molar-refractivity contribution in [1.29, 1.82) is 0 Å². The smallest absolute Gasteiger partial charge is 0.326 e. The van der Waals surface area contributed by atoms with Crippen LogP contribution in [0.25, 0.3) is 0 Å². The Morgan fingerprint density at radius 3 is 2.57 bits per heavy atom. The van der Waals surface area contributed by atoms with Crippen molar-refractivity contribution < 1.29 is 29.2 Å². The van der Waals surface area contributed by atoms with Crippen molar-refractivity contribution in [3.8, 4) is 24.4 Å². The van der Waals surface area contributed by atoms with Crippen LogP contribution in [0.15, 0.2) is 6.20 Å². The Balaban J connectivity index is 1.64. The lowest BCUT2D eigenvalue weighted by molar-refractivity contribution is 0.0173. The standard InChI is InChI=1S/C15H18FN7O5/c1-2-3-27-14-19-13(16)20-15(21-14)28-7-8-4-17-22-23(8)5-9-11(25)12(26)10(6-24)18-9/h1,4,9-12,18,24-26H,3,5-7H2/t9-,10-,11-,12-/m1/s1.